The average Bonchev–Trinajstić information content (AvgIpc) is 2.80. The van der Waals surface area contributed by atoms with Crippen LogP contribution in [-0.4, -0.2) is 55.3 Å². The average molecular weight is 461 g/mol. The quantitative estimate of drug-likeness (QED) is 0.710. The van der Waals surface area contributed by atoms with Crippen molar-refractivity contribution in [2.75, 3.05) is 38.0 Å². The highest BCUT2D eigenvalue weighted by Gasteiger charge is 2.36. The van der Waals surface area contributed by atoms with Gasteiger partial charge >= 0.3 is 0 Å². The van der Waals surface area contributed by atoms with Crippen molar-refractivity contribution in [2.24, 2.45) is 0 Å². The van der Waals surface area contributed by atoms with Crippen molar-refractivity contribution in [3.05, 3.63) is 58.4 Å². The van der Waals surface area contributed by atoms with Gasteiger partial charge in [-0.1, -0.05) is 17.7 Å². The van der Waals surface area contributed by atoms with Crippen molar-refractivity contribution in [3.63, 3.8) is 0 Å². The first-order valence-corrected chi connectivity index (χ1v) is 10.8. The van der Waals surface area contributed by atoms with Crippen LogP contribution in [0.25, 0.3) is 0 Å². The van der Waals surface area contributed by atoms with Crippen molar-refractivity contribution < 1.29 is 18.3 Å². The molecule has 2 heterocycles. The van der Waals surface area contributed by atoms with Crippen molar-refractivity contribution >= 4 is 23.2 Å². The molecule has 1 saturated heterocycles. The Bertz CT molecular complexity index is 1050. The van der Waals surface area contributed by atoms with Gasteiger partial charge in [0.15, 0.2) is 5.75 Å². The molecule has 1 fully saturated rings. The van der Waals surface area contributed by atoms with Gasteiger partial charge in [-0.25, -0.2) is 8.78 Å². The monoisotopic (exact) mass is 460 g/mol. The minimum atomic E-state index is -1.44. The van der Waals surface area contributed by atoms with Crippen LogP contribution in [0, 0.1) is 17.1 Å². The molecule has 2 aromatic carbocycles. The molecule has 2 N–H and O–H groups in total. The zero-order valence-electron chi connectivity index (χ0n) is 17.3. The van der Waals surface area contributed by atoms with Gasteiger partial charge in [0.05, 0.1) is 22.8 Å². The van der Waals surface area contributed by atoms with E-state index in [-0.39, 0.29) is 49.5 Å². The Morgan fingerprint density at radius 3 is 2.84 bits per heavy atom. The second kappa shape index (κ2) is 9.31. The smallest absolute Gasteiger partial charge is 0.253 e. The van der Waals surface area contributed by atoms with Crippen LogP contribution in [-0.2, 0) is 0 Å². The molecule has 0 saturated carbocycles. The molecule has 4 rings (SSSR count). The summed E-state index contributed by atoms with van der Waals surface area (Å²) >= 11 is 5.76. The zero-order valence-corrected chi connectivity index (χ0v) is 18.1. The number of carbonyl (C=O) groups is 1. The lowest BCUT2D eigenvalue weighted by Gasteiger charge is -2.37. The Labute approximate surface area is 190 Å². The number of rotatable bonds is 5. The Balaban J connectivity index is 1.26. The zero-order chi connectivity index (χ0) is 22.7. The van der Waals surface area contributed by atoms with Gasteiger partial charge in [0.2, 0.25) is 0 Å². The molecule has 0 radical (unpaired) electrons. The molecule has 2 aliphatic rings. The fourth-order valence-corrected chi connectivity index (χ4v) is 4.17. The number of hydrogen-bond acceptors (Lipinski definition) is 5. The van der Waals surface area contributed by atoms with Crippen LogP contribution in [0.4, 0.5) is 14.5 Å². The number of hydrogen-bond donors (Lipinski definition) is 2. The molecule has 6 nitrogen and oxygen atoms in total. The molecule has 0 bridgehead atoms. The van der Waals surface area contributed by atoms with Gasteiger partial charge in [0.25, 0.3) is 5.91 Å². The van der Waals surface area contributed by atoms with Crippen LogP contribution in [0.2, 0.25) is 5.02 Å². The highest BCUT2D eigenvalue weighted by molar-refractivity contribution is 6.31. The molecule has 1 amide bonds. The Morgan fingerprint density at radius 1 is 1.34 bits per heavy atom. The molecular formula is C23H23ClF2N4O2. The number of piperidine rings is 1. The summed E-state index contributed by atoms with van der Waals surface area (Å²) in [4.78, 5) is 14.2. The molecule has 0 aliphatic carbocycles. The van der Waals surface area contributed by atoms with Crippen LogP contribution in [0.3, 0.4) is 0 Å². The largest absolute Gasteiger partial charge is 0.484 e. The first-order chi connectivity index (χ1) is 15.4. The number of halogens is 3. The molecule has 2 aliphatic heterocycles. The van der Waals surface area contributed by atoms with Gasteiger partial charge in [0, 0.05) is 44.6 Å². The number of nitriles is 1. The van der Waals surface area contributed by atoms with Crippen molar-refractivity contribution in [1.29, 1.82) is 5.26 Å². The number of likely N-dealkylation sites (tertiary alicyclic amines) is 1. The summed E-state index contributed by atoms with van der Waals surface area (Å²) in [5.41, 5.74) is 0.0948. The number of para-hydroxylation sites is 1. The van der Waals surface area contributed by atoms with E-state index in [0.717, 1.165) is 11.8 Å². The maximum absolute atomic E-state index is 15.3. The van der Waals surface area contributed by atoms with Crippen LogP contribution >= 0.6 is 11.6 Å². The molecule has 32 heavy (non-hydrogen) atoms. The fraction of sp³-hybridized carbons (Fsp3) is 0.391. The SMILES string of the molecule is N#Cc1cccc2c1OC(CNCC1(F)CCN(C(=O)c3ccc(F)c(Cl)c3)CC1)CN2. The van der Waals surface area contributed by atoms with E-state index in [1.54, 1.807) is 17.0 Å². The Hall–Kier alpha value is -2.89. The minimum Gasteiger partial charge on any atom is -0.484 e. The lowest BCUT2D eigenvalue weighted by atomic mass is 9.92. The maximum Gasteiger partial charge on any atom is 0.253 e. The molecule has 0 aromatic heterocycles. The molecule has 0 spiro atoms. The highest BCUT2D eigenvalue weighted by atomic mass is 35.5. The van der Waals surface area contributed by atoms with E-state index in [4.69, 9.17) is 16.3 Å². The summed E-state index contributed by atoms with van der Waals surface area (Å²) < 4.78 is 34.5. The number of amides is 1. The molecule has 2 aromatic rings. The Morgan fingerprint density at radius 2 is 2.12 bits per heavy atom. The molecular weight excluding hydrogens is 438 g/mol. The summed E-state index contributed by atoms with van der Waals surface area (Å²) in [6, 6.07) is 11.3. The first-order valence-electron chi connectivity index (χ1n) is 10.5. The second-order valence-corrected chi connectivity index (χ2v) is 8.52. The van der Waals surface area contributed by atoms with Gasteiger partial charge in [-0.05, 0) is 30.3 Å². The predicted octanol–water partition coefficient (Wildman–Crippen LogP) is 3.76. The molecule has 9 heteroatoms. The third-order valence-corrected chi connectivity index (χ3v) is 6.16. The van der Waals surface area contributed by atoms with E-state index >= 15 is 4.39 Å². The number of carbonyl (C=O) groups excluding carboxylic acids is 1. The summed E-state index contributed by atoms with van der Waals surface area (Å²) in [6.07, 6.45) is 0.169. The number of nitrogens with zero attached hydrogens (tertiary/aromatic N) is 2. The van der Waals surface area contributed by atoms with Crippen LogP contribution < -0.4 is 15.4 Å². The van der Waals surface area contributed by atoms with Crippen molar-refractivity contribution in [3.8, 4) is 11.8 Å². The predicted molar refractivity (Wildman–Crippen MR) is 117 cm³/mol. The third kappa shape index (κ3) is 4.79. The summed E-state index contributed by atoms with van der Waals surface area (Å²) in [5, 5.41) is 15.5. The van der Waals surface area contributed by atoms with E-state index in [1.165, 1.54) is 12.1 Å². The van der Waals surface area contributed by atoms with Gasteiger partial charge < -0.3 is 20.3 Å². The van der Waals surface area contributed by atoms with E-state index in [2.05, 4.69) is 16.7 Å². The number of benzene rings is 2. The number of anilines is 1. The maximum atomic E-state index is 15.3. The lowest BCUT2D eigenvalue weighted by Crippen LogP contribution is -2.50. The molecule has 1 unspecified atom stereocenters. The standard InChI is InChI=1S/C23H23ClF2N4O2/c24-18-10-15(4-5-19(18)25)22(31)30-8-6-23(26,7-9-30)14-28-12-17-13-29-20-3-1-2-16(11-27)21(20)32-17/h1-5,10,17,28-29H,6-9,12-14H2. The van der Waals surface area contributed by atoms with Crippen molar-refractivity contribution in [2.45, 2.75) is 24.6 Å². The number of fused-ring (bicyclic) bond motifs is 1. The number of nitrogens with one attached hydrogen (secondary N) is 2. The fourth-order valence-electron chi connectivity index (χ4n) is 3.99. The third-order valence-electron chi connectivity index (χ3n) is 5.87. The molecule has 168 valence electrons. The Kier molecular flexibility index (Phi) is 6.49. The summed E-state index contributed by atoms with van der Waals surface area (Å²) in [6.45, 7) is 1.66. The molecule has 1 atom stereocenters. The van der Waals surface area contributed by atoms with E-state index in [0.29, 0.717) is 30.0 Å². The second-order valence-electron chi connectivity index (χ2n) is 8.12. The van der Waals surface area contributed by atoms with Crippen LogP contribution in [0.15, 0.2) is 36.4 Å². The van der Waals surface area contributed by atoms with Crippen molar-refractivity contribution in [1.82, 2.24) is 10.2 Å². The summed E-state index contributed by atoms with van der Waals surface area (Å²) in [5.74, 6) is -0.341. The number of ether oxygens (including phenoxy) is 1. The van der Waals surface area contributed by atoms with Gasteiger partial charge in [-0.2, -0.15) is 5.26 Å². The lowest BCUT2D eigenvalue weighted by molar-refractivity contribution is 0.0425. The number of alkyl halides is 1. The topological polar surface area (TPSA) is 77.4 Å². The van der Waals surface area contributed by atoms with E-state index in [1.807, 2.05) is 6.07 Å². The van der Waals surface area contributed by atoms with E-state index < -0.39 is 11.5 Å². The minimum absolute atomic E-state index is 0.110. The van der Waals surface area contributed by atoms with Crippen LogP contribution in [0.5, 0.6) is 5.75 Å². The first kappa shape index (κ1) is 22.3. The summed E-state index contributed by atoms with van der Waals surface area (Å²) in [7, 11) is 0. The van der Waals surface area contributed by atoms with Gasteiger partial charge in [-0.15, -0.1) is 0 Å². The van der Waals surface area contributed by atoms with Gasteiger partial charge in [0.1, 0.15) is 23.7 Å². The normalized spacial score (nSPS) is 19.3. The highest BCUT2D eigenvalue weighted by Crippen LogP contribution is 2.32. The van der Waals surface area contributed by atoms with Crippen LogP contribution in [0.1, 0.15) is 28.8 Å². The van der Waals surface area contributed by atoms with Gasteiger partial charge in [-0.3, -0.25) is 4.79 Å². The van der Waals surface area contributed by atoms with E-state index in [9.17, 15) is 14.4 Å².